The zero-order chi connectivity index (χ0) is 20.6. The number of sulfone groups is 2. The van der Waals surface area contributed by atoms with E-state index in [0.717, 1.165) is 18.4 Å². The van der Waals surface area contributed by atoms with E-state index in [1.807, 2.05) is 0 Å². The van der Waals surface area contributed by atoms with Gasteiger partial charge in [0.2, 0.25) is 9.84 Å². The van der Waals surface area contributed by atoms with E-state index in [1.54, 1.807) is 6.07 Å². The van der Waals surface area contributed by atoms with Gasteiger partial charge in [-0.3, -0.25) is 4.79 Å². The monoisotopic (exact) mass is 473 g/mol. The van der Waals surface area contributed by atoms with Crippen molar-refractivity contribution in [1.82, 2.24) is 0 Å². The predicted octanol–water partition coefficient (Wildman–Crippen LogP) is 1.41. The zero-order valence-corrected chi connectivity index (χ0v) is 17.5. The summed E-state index contributed by atoms with van der Waals surface area (Å²) in [6.45, 7) is 1.46. The number of aryl methyl sites for hydroxylation is 1. The first-order chi connectivity index (χ1) is 12.4. The Morgan fingerprint density at radius 3 is 2.11 bits per heavy atom. The van der Waals surface area contributed by atoms with Gasteiger partial charge in [0, 0.05) is 16.3 Å². The topological polar surface area (TPSA) is 150 Å². The van der Waals surface area contributed by atoms with Crippen LogP contribution in [-0.2, 0) is 19.7 Å². The van der Waals surface area contributed by atoms with Gasteiger partial charge in [0.05, 0.1) is 14.7 Å². The number of nitrogens with two attached hydrogens (primary N) is 2. The number of carbonyl (C=O) groups is 1. The van der Waals surface area contributed by atoms with E-state index in [1.165, 1.54) is 25.1 Å². The maximum Gasteiger partial charge on any atom is 0.280 e. The molecule has 0 aromatic heterocycles. The first-order valence-corrected chi connectivity index (χ1v) is 11.5. The third kappa shape index (κ3) is 4.37. The molecule has 4 N–H and O–H groups in total. The van der Waals surface area contributed by atoms with Crippen molar-refractivity contribution in [2.45, 2.75) is 21.6 Å². The van der Waals surface area contributed by atoms with Gasteiger partial charge in [-0.25, -0.2) is 16.8 Å². The van der Waals surface area contributed by atoms with Crippen LogP contribution in [0.4, 0.5) is 0 Å². The highest BCUT2D eigenvalue weighted by Gasteiger charge is 2.29. The Morgan fingerprint density at radius 1 is 1.00 bits per heavy atom. The predicted molar refractivity (Wildman–Crippen MR) is 104 cm³/mol. The number of hydrogen-bond donors (Lipinski definition) is 2. The minimum atomic E-state index is -4.19. The van der Waals surface area contributed by atoms with E-state index in [0.29, 0.717) is 0 Å². The number of benzene rings is 2. The number of amides is 1. The quantitative estimate of drug-likeness (QED) is 0.502. The third-order valence-electron chi connectivity index (χ3n) is 3.57. The Kier molecular flexibility index (Phi) is 5.78. The molecule has 8 nitrogen and oxygen atoms in total. The second-order valence-corrected chi connectivity index (χ2v) is 10.4. The number of aliphatic imine (C=N–C) groups is 1. The largest absolute Gasteiger partial charge is 0.370 e. The zero-order valence-electron chi connectivity index (χ0n) is 14.3. The average molecular weight is 474 g/mol. The Morgan fingerprint density at radius 2 is 1.59 bits per heavy atom. The molecular formula is C16H16BrN3O5S2. The van der Waals surface area contributed by atoms with Crippen LogP contribution in [-0.4, -0.2) is 35.0 Å². The van der Waals surface area contributed by atoms with E-state index in [2.05, 4.69) is 20.9 Å². The van der Waals surface area contributed by atoms with E-state index < -0.39 is 41.3 Å². The molecule has 0 fully saturated rings. The fourth-order valence-corrected chi connectivity index (χ4v) is 6.29. The second-order valence-electron chi connectivity index (χ2n) is 5.66. The fraction of sp³-hybridized carbons (Fsp3) is 0.125. The van der Waals surface area contributed by atoms with Gasteiger partial charge < -0.3 is 11.5 Å². The van der Waals surface area contributed by atoms with Crippen LogP contribution in [0, 0.1) is 6.92 Å². The van der Waals surface area contributed by atoms with Gasteiger partial charge in [-0.15, -0.1) is 0 Å². The van der Waals surface area contributed by atoms with Crippen molar-refractivity contribution < 1.29 is 21.6 Å². The molecule has 0 atom stereocenters. The van der Waals surface area contributed by atoms with Crippen molar-refractivity contribution in [2.75, 3.05) is 6.26 Å². The highest BCUT2D eigenvalue weighted by atomic mass is 79.9. The van der Waals surface area contributed by atoms with Crippen LogP contribution in [0.2, 0.25) is 0 Å². The van der Waals surface area contributed by atoms with Crippen molar-refractivity contribution in [1.29, 1.82) is 0 Å². The summed E-state index contributed by atoms with van der Waals surface area (Å²) in [5, 5.41) is 0. The van der Waals surface area contributed by atoms with E-state index in [4.69, 9.17) is 11.5 Å². The standard InChI is InChI=1S/C16H16BrN3O5S2/c1-9-7-14(27(24,25)12-6-4-3-5-11(12)17)13(26(2,22)23)8-10(9)15(21)20-16(18)19/h3-8H,1-2H3,(H4,18,19,20,21). The molecule has 0 saturated heterocycles. The van der Waals surface area contributed by atoms with Gasteiger partial charge in [0.25, 0.3) is 5.91 Å². The maximum atomic E-state index is 13.1. The molecule has 27 heavy (non-hydrogen) atoms. The minimum Gasteiger partial charge on any atom is -0.370 e. The molecule has 0 bridgehead atoms. The van der Waals surface area contributed by atoms with Crippen LogP contribution in [0.1, 0.15) is 15.9 Å². The normalized spacial score (nSPS) is 11.8. The van der Waals surface area contributed by atoms with Crippen LogP contribution in [0.15, 0.2) is 60.5 Å². The molecule has 2 aromatic rings. The molecule has 0 unspecified atom stereocenters. The number of rotatable bonds is 4. The molecule has 11 heteroatoms. The summed E-state index contributed by atoms with van der Waals surface area (Å²) < 4.78 is 51.0. The molecule has 1 amide bonds. The minimum absolute atomic E-state index is 0.0994. The third-order valence-corrected chi connectivity index (χ3v) is 7.64. The lowest BCUT2D eigenvalue weighted by atomic mass is 10.1. The number of carbonyl (C=O) groups excluding carboxylic acids is 1. The molecular weight excluding hydrogens is 458 g/mol. The van der Waals surface area contributed by atoms with E-state index >= 15 is 0 Å². The second kappa shape index (κ2) is 7.41. The van der Waals surface area contributed by atoms with Crippen LogP contribution < -0.4 is 11.5 Å². The van der Waals surface area contributed by atoms with E-state index in [-0.39, 0.29) is 20.5 Å². The van der Waals surface area contributed by atoms with Crippen LogP contribution in [0.5, 0.6) is 0 Å². The number of hydrogen-bond acceptors (Lipinski definition) is 5. The van der Waals surface area contributed by atoms with Gasteiger partial charge in [-0.2, -0.15) is 4.99 Å². The van der Waals surface area contributed by atoms with Gasteiger partial charge in [0.1, 0.15) is 0 Å². The molecule has 144 valence electrons. The molecule has 0 aliphatic heterocycles. The first-order valence-electron chi connectivity index (χ1n) is 7.34. The Bertz CT molecular complexity index is 1170. The number of nitrogens with zero attached hydrogens (tertiary/aromatic N) is 1. The van der Waals surface area contributed by atoms with Crippen LogP contribution in [0.25, 0.3) is 0 Å². The van der Waals surface area contributed by atoms with Gasteiger partial charge in [-0.1, -0.05) is 12.1 Å². The van der Waals surface area contributed by atoms with E-state index in [9.17, 15) is 21.6 Å². The summed E-state index contributed by atoms with van der Waals surface area (Å²) in [5.74, 6) is -1.37. The fourth-order valence-electron chi connectivity index (χ4n) is 2.35. The van der Waals surface area contributed by atoms with Crippen molar-refractivity contribution in [3.63, 3.8) is 0 Å². The number of guanidine groups is 1. The first kappa shape index (κ1) is 21.1. The lowest BCUT2D eigenvalue weighted by Crippen LogP contribution is -2.24. The molecule has 0 aliphatic carbocycles. The van der Waals surface area contributed by atoms with Crippen molar-refractivity contribution in [3.8, 4) is 0 Å². The molecule has 0 saturated carbocycles. The summed E-state index contributed by atoms with van der Waals surface area (Å²) in [4.78, 5) is 14.5. The van der Waals surface area contributed by atoms with Gasteiger partial charge in [-0.05, 0) is 52.7 Å². The summed E-state index contributed by atoms with van der Waals surface area (Å²) in [7, 11) is -8.19. The smallest absolute Gasteiger partial charge is 0.280 e. The highest BCUT2D eigenvalue weighted by molar-refractivity contribution is 9.10. The molecule has 0 spiro atoms. The van der Waals surface area contributed by atoms with Crippen LogP contribution in [0.3, 0.4) is 0 Å². The average Bonchev–Trinajstić information content (AvgIpc) is 2.52. The molecule has 0 aliphatic rings. The SMILES string of the molecule is Cc1cc(S(=O)(=O)c2ccccc2Br)c(S(C)(=O)=O)cc1C(=O)N=C(N)N. The Hall–Kier alpha value is -2.24. The Labute approximate surface area is 165 Å². The molecule has 0 radical (unpaired) electrons. The van der Waals surface area contributed by atoms with Crippen molar-refractivity contribution in [2.24, 2.45) is 16.5 Å². The summed E-state index contributed by atoms with van der Waals surface area (Å²) in [6, 6.07) is 8.11. The summed E-state index contributed by atoms with van der Waals surface area (Å²) in [5.41, 5.74) is 10.5. The summed E-state index contributed by atoms with van der Waals surface area (Å²) >= 11 is 3.16. The van der Waals surface area contributed by atoms with Crippen molar-refractivity contribution in [3.05, 3.63) is 52.0 Å². The van der Waals surface area contributed by atoms with Gasteiger partial charge >= 0.3 is 0 Å². The molecule has 2 aromatic carbocycles. The highest BCUT2D eigenvalue weighted by Crippen LogP contribution is 2.33. The lowest BCUT2D eigenvalue weighted by Gasteiger charge is -2.14. The lowest BCUT2D eigenvalue weighted by molar-refractivity contribution is 0.100. The molecule has 2 rings (SSSR count). The maximum absolute atomic E-state index is 13.1. The van der Waals surface area contributed by atoms with Crippen LogP contribution >= 0.6 is 15.9 Å². The van der Waals surface area contributed by atoms with Gasteiger partial charge in [0.15, 0.2) is 15.8 Å². The Balaban J connectivity index is 2.86. The number of halogens is 1. The van der Waals surface area contributed by atoms with Crippen molar-refractivity contribution >= 4 is 47.5 Å². The summed E-state index contributed by atoms with van der Waals surface area (Å²) in [6.07, 6.45) is 0.853. The molecule has 0 heterocycles.